The lowest BCUT2D eigenvalue weighted by Gasteiger charge is -2.18. The molecule has 146 valence electrons. The first-order chi connectivity index (χ1) is 12.3. The maximum Gasteiger partial charge on any atom is 0.416 e. The van der Waals surface area contributed by atoms with Gasteiger partial charge in [0.25, 0.3) is 0 Å². The first-order valence-electron chi connectivity index (χ1n) is 7.38. The second-order valence-corrected chi connectivity index (χ2v) is 6.56. The molecular weight excluding hydrogens is 420 g/mol. The number of hydrogen-bond acceptors (Lipinski definition) is 0. The molecule has 2 aromatic rings. The van der Waals surface area contributed by atoms with Crippen LogP contribution in [0.25, 0.3) is 6.08 Å². The molecule has 0 spiro atoms. The van der Waals surface area contributed by atoms with Crippen molar-refractivity contribution < 1.29 is 30.7 Å². The monoisotopic (exact) mass is 430 g/mol. The van der Waals surface area contributed by atoms with Gasteiger partial charge in [-0.3, -0.25) is 0 Å². The van der Waals surface area contributed by atoms with Gasteiger partial charge >= 0.3 is 12.4 Å². The molecule has 0 aromatic heterocycles. The fourth-order valence-corrected chi connectivity index (χ4v) is 2.92. The SMILES string of the molecule is Cc1ccc(/C=C/C(c2cc(Cl)c(F)c(Cl)c2)C(F)(F)F)cc1C(F)(F)F. The Kier molecular flexibility index (Phi) is 6.16. The summed E-state index contributed by atoms with van der Waals surface area (Å²) in [6.07, 6.45) is -7.84. The molecule has 0 saturated carbocycles. The zero-order valence-corrected chi connectivity index (χ0v) is 15.0. The number of hydrogen-bond donors (Lipinski definition) is 0. The van der Waals surface area contributed by atoms with Crippen LogP contribution in [-0.2, 0) is 6.18 Å². The summed E-state index contributed by atoms with van der Waals surface area (Å²) in [5.41, 5.74) is -1.50. The summed E-state index contributed by atoms with van der Waals surface area (Å²) in [4.78, 5) is 0. The molecule has 1 atom stereocenters. The highest BCUT2D eigenvalue weighted by molar-refractivity contribution is 6.35. The van der Waals surface area contributed by atoms with E-state index in [-0.39, 0.29) is 11.1 Å². The quantitative estimate of drug-likeness (QED) is 0.343. The summed E-state index contributed by atoms with van der Waals surface area (Å²) in [5, 5.41) is -1.18. The Labute approximate surface area is 160 Å². The van der Waals surface area contributed by atoms with Crippen LogP contribution in [0, 0.1) is 12.7 Å². The third kappa shape index (κ3) is 5.17. The average Bonchev–Trinajstić information content (AvgIpc) is 2.51. The topological polar surface area (TPSA) is 0 Å². The van der Waals surface area contributed by atoms with Crippen LogP contribution >= 0.6 is 23.2 Å². The second kappa shape index (κ2) is 7.72. The number of halogens is 9. The zero-order chi connectivity index (χ0) is 20.6. The van der Waals surface area contributed by atoms with Crippen molar-refractivity contribution in [2.24, 2.45) is 0 Å². The molecule has 27 heavy (non-hydrogen) atoms. The van der Waals surface area contributed by atoms with E-state index >= 15 is 0 Å². The Balaban J connectivity index is 2.47. The number of benzene rings is 2. The van der Waals surface area contributed by atoms with E-state index in [1.807, 2.05) is 0 Å². The van der Waals surface area contributed by atoms with Crippen LogP contribution in [-0.4, -0.2) is 6.18 Å². The third-order valence-electron chi connectivity index (χ3n) is 3.77. The molecule has 0 N–H and O–H groups in total. The molecule has 2 rings (SSSR count). The van der Waals surface area contributed by atoms with Crippen LogP contribution in [0.3, 0.4) is 0 Å². The maximum atomic E-state index is 13.4. The van der Waals surface area contributed by atoms with Crippen molar-refractivity contribution in [2.45, 2.75) is 25.2 Å². The Hall–Kier alpha value is -1.73. The van der Waals surface area contributed by atoms with E-state index in [9.17, 15) is 30.7 Å². The molecule has 0 amide bonds. The predicted molar refractivity (Wildman–Crippen MR) is 90.4 cm³/mol. The molecule has 2 aromatic carbocycles. The fourth-order valence-electron chi connectivity index (χ4n) is 2.42. The molecule has 1 unspecified atom stereocenters. The van der Waals surface area contributed by atoms with Crippen molar-refractivity contribution in [3.63, 3.8) is 0 Å². The number of allylic oxidation sites excluding steroid dienone is 1. The van der Waals surface area contributed by atoms with E-state index in [1.54, 1.807) is 0 Å². The minimum absolute atomic E-state index is 0.0517. The van der Waals surface area contributed by atoms with Gasteiger partial charge in [0.2, 0.25) is 0 Å². The fraction of sp³-hybridized carbons (Fsp3) is 0.222. The summed E-state index contributed by atoms with van der Waals surface area (Å²) in [7, 11) is 0. The van der Waals surface area contributed by atoms with Crippen LogP contribution in [0.2, 0.25) is 10.0 Å². The highest BCUT2D eigenvalue weighted by Gasteiger charge is 2.39. The molecule has 0 fully saturated rings. The van der Waals surface area contributed by atoms with Crippen molar-refractivity contribution in [2.75, 3.05) is 0 Å². The summed E-state index contributed by atoms with van der Waals surface area (Å²) in [6, 6.07) is 4.74. The lowest BCUT2D eigenvalue weighted by atomic mass is 9.96. The third-order valence-corrected chi connectivity index (χ3v) is 4.32. The van der Waals surface area contributed by atoms with Crippen molar-refractivity contribution in [1.82, 2.24) is 0 Å². The van der Waals surface area contributed by atoms with Gasteiger partial charge in [-0.2, -0.15) is 26.3 Å². The average molecular weight is 431 g/mol. The van der Waals surface area contributed by atoms with Crippen molar-refractivity contribution in [3.05, 3.63) is 74.5 Å². The molecular formula is C18H11Cl2F7. The highest BCUT2D eigenvalue weighted by Crippen LogP contribution is 2.39. The van der Waals surface area contributed by atoms with E-state index in [0.717, 1.165) is 30.3 Å². The van der Waals surface area contributed by atoms with E-state index in [4.69, 9.17) is 23.2 Å². The molecule has 0 bridgehead atoms. The zero-order valence-electron chi connectivity index (χ0n) is 13.5. The summed E-state index contributed by atoms with van der Waals surface area (Å²) in [6.45, 7) is 1.25. The van der Waals surface area contributed by atoms with E-state index in [2.05, 4.69) is 0 Å². The lowest BCUT2D eigenvalue weighted by Crippen LogP contribution is -2.19. The molecule has 0 nitrogen and oxygen atoms in total. The highest BCUT2D eigenvalue weighted by atomic mass is 35.5. The predicted octanol–water partition coefficient (Wildman–Crippen LogP) is 7.82. The minimum atomic E-state index is -4.79. The van der Waals surface area contributed by atoms with Gasteiger partial charge in [0.1, 0.15) is 0 Å². The molecule has 0 saturated heterocycles. The Bertz CT molecular complexity index is 844. The van der Waals surface area contributed by atoms with Crippen LogP contribution in [0.15, 0.2) is 36.4 Å². The summed E-state index contributed by atoms with van der Waals surface area (Å²) in [5.74, 6) is -3.29. The van der Waals surface area contributed by atoms with Crippen LogP contribution in [0.4, 0.5) is 30.7 Å². The minimum Gasteiger partial charge on any atom is -0.204 e. The number of aryl methyl sites for hydroxylation is 1. The normalized spacial score (nSPS) is 14.0. The summed E-state index contributed by atoms with van der Waals surface area (Å²) < 4.78 is 92.4. The Morgan fingerprint density at radius 1 is 0.926 bits per heavy atom. The molecule has 0 aliphatic carbocycles. The molecule has 0 aliphatic heterocycles. The van der Waals surface area contributed by atoms with Gasteiger partial charge in [-0.15, -0.1) is 0 Å². The van der Waals surface area contributed by atoms with E-state index < -0.39 is 45.3 Å². The number of rotatable bonds is 3. The summed E-state index contributed by atoms with van der Waals surface area (Å²) >= 11 is 11.1. The van der Waals surface area contributed by atoms with Crippen LogP contribution in [0.1, 0.15) is 28.2 Å². The van der Waals surface area contributed by atoms with Gasteiger partial charge in [0.05, 0.1) is 21.5 Å². The molecule has 0 heterocycles. The first kappa shape index (κ1) is 21.6. The largest absolute Gasteiger partial charge is 0.416 e. The van der Waals surface area contributed by atoms with Crippen molar-refractivity contribution in [1.29, 1.82) is 0 Å². The van der Waals surface area contributed by atoms with Gasteiger partial charge in [-0.25, -0.2) is 4.39 Å². The lowest BCUT2D eigenvalue weighted by molar-refractivity contribution is -0.139. The standard InChI is InChI=1S/C18H11Cl2F7/c1-9-2-3-10(6-13(9)18(25,26)27)4-5-12(17(22,23)24)11-7-14(19)16(21)15(20)8-11/h2-8,12H,1H3/b5-4+. The van der Waals surface area contributed by atoms with Gasteiger partial charge < -0.3 is 0 Å². The smallest absolute Gasteiger partial charge is 0.204 e. The van der Waals surface area contributed by atoms with Crippen LogP contribution in [0.5, 0.6) is 0 Å². The van der Waals surface area contributed by atoms with Crippen molar-refractivity contribution in [3.8, 4) is 0 Å². The van der Waals surface area contributed by atoms with E-state index in [1.165, 1.54) is 13.0 Å². The van der Waals surface area contributed by atoms with Crippen LogP contribution < -0.4 is 0 Å². The van der Waals surface area contributed by atoms with Crippen molar-refractivity contribution >= 4 is 29.3 Å². The van der Waals surface area contributed by atoms with Gasteiger partial charge in [-0.05, 0) is 41.8 Å². The van der Waals surface area contributed by atoms with Gasteiger partial charge in [0, 0.05) is 0 Å². The molecule has 0 aliphatic rings. The second-order valence-electron chi connectivity index (χ2n) is 5.75. The van der Waals surface area contributed by atoms with Gasteiger partial charge in [0.15, 0.2) is 5.82 Å². The first-order valence-corrected chi connectivity index (χ1v) is 8.13. The Morgan fingerprint density at radius 2 is 1.48 bits per heavy atom. The van der Waals surface area contributed by atoms with E-state index in [0.29, 0.717) is 6.08 Å². The number of alkyl halides is 6. The van der Waals surface area contributed by atoms with Gasteiger partial charge in [-0.1, -0.05) is 47.5 Å². The Morgan fingerprint density at radius 3 is 1.96 bits per heavy atom. The molecule has 0 radical (unpaired) electrons. The molecule has 9 heteroatoms. The maximum absolute atomic E-state index is 13.4.